The lowest BCUT2D eigenvalue weighted by atomic mass is 9.88. The first kappa shape index (κ1) is 12.9. The fourth-order valence-corrected chi connectivity index (χ4v) is 3.21. The fourth-order valence-electron chi connectivity index (χ4n) is 2.73. The van der Waals surface area contributed by atoms with Gasteiger partial charge in [0.2, 0.25) is 0 Å². The number of carbonyl (C=O) groups is 1. The average Bonchev–Trinajstić information content (AvgIpc) is 3.13. The first-order valence-electron chi connectivity index (χ1n) is 6.48. The standard InChI is InChI=1S/C14H17BrN2O2/c1-8-11(4-10(15)5-12(8)16)13(18)17-6-14(19,7-17)9-2-3-9/h4-5,9,19H,2-3,6-7,16H2,1H3. The van der Waals surface area contributed by atoms with E-state index in [1.807, 2.05) is 6.92 Å². The van der Waals surface area contributed by atoms with Gasteiger partial charge in [0.15, 0.2) is 0 Å². The predicted molar refractivity (Wildman–Crippen MR) is 76.9 cm³/mol. The minimum atomic E-state index is -0.638. The van der Waals surface area contributed by atoms with Gasteiger partial charge in [-0.25, -0.2) is 0 Å². The number of nitrogen functional groups attached to an aromatic ring is 1. The normalized spacial score (nSPS) is 21.1. The third-order valence-electron chi connectivity index (χ3n) is 4.20. The van der Waals surface area contributed by atoms with Crippen molar-refractivity contribution < 1.29 is 9.90 Å². The Labute approximate surface area is 120 Å². The van der Waals surface area contributed by atoms with Crippen molar-refractivity contribution in [1.29, 1.82) is 0 Å². The van der Waals surface area contributed by atoms with E-state index in [0.717, 1.165) is 22.9 Å². The summed E-state index contributed by atoms with van der Waals surface area (Å²) in [5, 5.41) is 10.3. The Hall–Kier alpha value is -1.07. The third kappa shape index (κ3) is 2.15. The number of anilines is 1. The molecule has 1 saturated heterocycles. The summed E-state index contributed by atoms with van der Waals surface area (Å²) >= 11 is 3.36. The van der Waals surface area contributed by atoms with Gasteiger partial charge in [-0.15, -0.1) is 0 Å². The molecule has 1 heterocycles. The number of hydrogen-bond donors (Lipinski definition) is 2. The number of amides is 1. The molecule has 1 aliphatic carbocycles. The second kappa shape index (κ2) is 4.21. The number of carbonyl (C=O) groups excluding carboxylic acids is 1. The van der Waals surface area contributed by atoms with Gasteiger partial charge >= 0.3 is 0 Å². The second-order valence-electron chi connectivity index (χ2n) is 5.71. The Bertz CT molecular complexity index is 549. The molecule has 0 spiro atoms. The molecule has 5 heteroatoms. The summed E-state index contributed by atoms with van der Waals surface area (Å²) in [6.07, 6.45) is 2.17. The van der Waals surface area contributed by atoms with Crippen LogP contribution in [0.2, 0.25) is 0 Å². The highest BCUT2D eigenvalue weighted by Crippen LogP contribution is 2.45. The maximum absolute atomic E-state index is 12.4. The summed E-state index contributed by atoms with van der Waals surface area (Å²) in [6, 6.07) is 3.59. The van der Waals surface area contributed by atoms with Crippen LogP contribution in [-0.4, -0.2) is 34.6 Å². The van der Waals surface area contributed by atoms with Gasteiger partial charge in [0.1, 0.15) is 5.60 Å². The van der Waals surface area contributed by atoms with E-state index >= 15 is 0 Å². The van der Waals surface area contributed by atoms with E-state index in [0.29, 0.717) is 30.3 Å². The zero-order valence-electron chi connectivity index (χ0n) is 10.8. The molecule has 2 aliphatic rings. The fraction of sp³-hybridized carbons (Fsp3) is 0.500. The summed E-state index contributed by atoms with van der Waals surface area (Å²) in [4.78, 5) is 14.1. The summed E-state index contributed by atoms with van der Waals surface area (Å²) in [5.74, 6) is 0.348. The van der Waals surface area contributed by atoms with Crippen LogP contribution in [0.25, 0.3) is 0 Å². The molecule has 0 atom stereocenters. The van der Waals surface area contributed by atoms with E-state index in [1.54, 1.807) is 17.0 Å². The number of hydrogen-bond acceptors (Lipinski definition) is 3. The van der Waals surface area contributed by atoms with Gasteiger partial charge < -0.3 is 15.7 Å². The van der Waals surface area contributed by atoms with Crippen LogP contribution in [-0.2, 0) is 0 Å². The lowest BCUT2D eigenvalue weighted by molar-refractivity contribution is -0.0958. The van der Waals surface area contributed by atoms with Gasteiger partial charge in [-0.3, -0.25) is 4.79 Å². The number of nitrogens with zero attached hydrogens (tertiary/aromatic N) is 1. The number of nitrogens with two attached hydrogens (primary N) is 1. The molecule has 19 heavy (non-hydrogen) atoms. The third-order valence-corrected chi connectivity index (χ3v) is 4.65. The number of halogens is 1. The maximum Gasteiger partial charge on any atom is 0.254 e. The number of β-amino-alcohol motifs (C(OH)–C–C–N with tert-alkyl or cyclic N) is 1. The number of aliphatic hydroxyl groups is 1. The first-order chi connectivity index (χ1) is 8.90. The predicted octanol–water partition coefficient (Wildman–Crippen LogP) is 1.94. The smallest absolute Gasteiger partial charge is 0.254 e. The van der Waals surface area contributed by atoms with Gasteiger partial charge in [0, 0.05) is 15.7 Å². The van der Waals surface area contributed by atoms with Crippen molar-refractivity contribution in [2.24, 2.45) is 5.92 Å². The zero-order valence-corrected chi connectivity index (χ0v) is 12.4. The Morgan fingerprint density at radius 1 is 1.47 bits per heavy atom. The van der Waals surface area contributed by atoms with E-state index in [1.165, 1.54) is 0 Å². The lowest BCUT2D eigenvalue weighted by Gasteiger charge is -2.47. The molecule has 1 amide bonds. The molecule has 0 radical (unpaired) electrons. The van der Waals surface area contributed by atoms with Crippen LogP contribution in [0, 0.1) is 12.8 Å². The van der Waals surface area contributed by atoms with Crippen molar-refractivity contribution in [2.75, 3.05) is 18.8 Å². The molecule has 1 saturated carbocycles. The topological polar surface area (TPSA) is 66.6 Å². The number of benzene rings is 1. The summed E-state index contributed by atoms with van der Waals surface area (Å²) in [6.45, 7) is 2.74. The van der Waals surface area contributed by atoms with E-state index < -0.39 is 5.60 Å². The lowest BCUT2D eigenvalue weighted by Crippen LogP contribution is -2.64. The van der Waals surface area contributed by atoms with Gasteiger partial charge in [-0.1, -0.05) is 15.9 Å². The van der Waals surface area contributed by atoms with Crippen LogP contribution in [0.3, 0.4) is 0 Å². The van der Waals surface area contributed by atoms with Gasteiger partial charge in [0.25, 0.3) is 5.91 Å². The molecule has 102 valence electrons. The summed E-state index contributed by atoms with van der Waals surface area (Å²) in [5.41, 5.74) is 7.27. The largest absolute Gasteiger partial charge is 0.398 e. The van der Waals surface area contributed by atoms with Gasteiger partial charge in [0.05, 0.1) is 13.1 Å². The minimum absolute atomic E-state index is 0.0455. The molecule has 4 nitrogen and oxygen atoms in total. The molecule has 0 bridgehead atoms. The van der Waals surface area contributed by atoms with Gasteiger partial charge in [-0.05, 0) is 43.4 Å². The molecule has 2 fully saturated rings. The molecule has 1 aliphatic heterocycles. The molecule has 0 aromatic heterocycles. The SMILES string of the molecule is Cc1c(N)cc(Br)cc1C(=O)N1CC(O)(C2CC2)C1. The molecular weight excluding hydrogens is 308 g/mol. The van der Waals surface area contributed by atoms with Crippen LogP contribution < -0.4 is 5.73 Å². The van der Waals surface area contributed by atoms with Crippen molar-refractivity contribution in [3.05, 3.63) is 27.7 Å². The highest BCUT2D eigenvalue weighted by atomic mass is 79.9. The molecule has 0 unspecified atom stereocenters. The zero-order chi connectivity index (χ0) is 13.8. The number of likely N-dealkylation sites (tertiary alicyclic amines) is 1. The van der Waals surface area contributed by atoms with Crippen LogP contribution in [0.15, 0.2) is 16.6 Å². The van der Waals surface area contributed by atoms with Crippen molar-refractivity contribution in [1.82, 2.24) is 4.90 Å². The minimum Gasteiger partial charge on any atom is -0.398 e. The van der Waals surface area contributed by atoms with Crippen molar-refractivity contribution >= 4 is 27.5 Å². The summed E-state index contributed by atoms with van der Waals surface area (Å²) in [7, 11) is 0. The van der Waals surface area contributed by atoms with E-state index in [2.05, 4.69) is 15.9 Å². The van der Waals surface area contributed by atoms with E-state index in [-0.39, 0.29) is 5.91 Å². The molecule has 1 aromatic rings. The second-order valence-corrected chi connectivity index (χ2v) is 6.62. The monoisotopic (exact) mass is 324 g/mol. The van der Waals surface area contributed by atoms with Crippen molar-refractivity contribution in [3.63, 3.8) is 0 Å². The van der Waals surface area contributed by atoms with Crippen LogP contribution >= 0.6 is 15.9 Å². The quantitative estimate of drug-likeness (QED) is 0.817. The van der Waals surface area contributed by atoms with Crippen LogP contribution in [0.4, 0.5) is 5.69 Å². The Kier molecular flexibility index (Phi) is 2.87. The number of rotatable bonds is 2. The summed E-state index contributed by atoms with van der Waals surface area (Å²) < 4.78 is 0.803. The Balaban J connectivity index is 1.78. The Morgan fingerprint density at radius 3 is 2.68 bits per heavy atom. The van der Waals surface area contributed by atoms with E-state index in [4.69, 9.17) is 5.73 Å². The Morgan fingerprint density at radius 2 is 2.11 bits per heavy atom. The van der Waals surface area contributed by atoms with E-state index in [9.17, 15) is 9.90 Å². The highest BCUT2D eigenvalue weighted by molar-refractivity contribution is 9.10. The maximum atomic E-state index is 12.4. The molecule has 3 N–H and O–H groups in total. The highest BCUT2D eigenvalue weighted by Gasteiger charge is 2.53. The first-order valence-corrected chi connectivity index (χ1v) is 7.27. The van der Waals surface area contributed by atoms with Crippen LogP contribution in [0.1, 0.15) is 28.8 Å². The molecular formula is C14H17BrN2O2. The molecule has 1 aromatic carbocycles. The molecule has 3 rings (SSSR count). The van der Waals surface area contributed by atoms with Gasteiger partial charge in [-0.2, -0.15) is 0 Å². The average molecular weight is 325 g/mol. The van der Waals surface area contributed by atoms with Crippen molar-refractivity contribution in [3.8, 4) is 0 Å². The van der Waals surface area contributed by atoms with Crippen LogP contribution in [0.5, 0.6) is 0 Å². The van der Waals surface area contributed by atoms with Crippen molar-refractivity contribution in [2.45, 2.75) is 25.4 Å².